The lowest BCUT2D eigenvalue weighted by Crippen LogP contribution is -2.24. The first-order valence-corrected chi connectivity index (χ1v) is 7.37. The van der Waals surface area contributed by atoms with Crippen LogP contribution in [0.2, 0.25) is 0 Å². The maximum absolute atomic E-state index is 11.4. The highest BCUT2D eigenvalue weighted by molar-refractivity contribution is 5.70. The zero-order valence-corrected chi connectivity index (χ0v) is 14.0. The summed E-state index contributed by atoms with van der Waals surface area (Å²) in [6, 6.07) is 0. The molecule has 0 aliphatic rings. The predicted molar refractivity (Wildman–Crippen MR) is 79.6 cm³/mol. The van der Waals surface area contributed by atoms with E-state index in [1.165, 1.54) is 7.11 Å². The number of rotatable bonds is 12. The van der Waals surface area contributed by atoms with Crippen LogP contribution in [-0.2, 0) is 33.3 Å². The molecule has 0 amide bonds. The number of esters is 2. The Labute approximate surface area is 132 Å². The van der Waals surface area contributed by atoms with Gasteiger partial charge in [0.2, 0.25) is 0 Å². The highest BCUT2D eigenvalue weighted by Gasteiger charge is 2.15. The van der Waals surface area contributed by atoms with E-state index in [0.29, 0.717) is 39.6 Å². The van der Waals surface area contributed by atoms with Crippen LogP contribution < -0.4 is 0 Å². The van der Waals surface area contributed by atoms with Gasteiger partial charge in [0.15, 0.2) is 0 Å². The van der Waals surface area contributed by atoms with Gasteiger partial charge < -0.3 is 23.7 Å². The zero-order valence-electron chi connectivity index (χ0n) is 14.0. The standard InChI is InChI=1S/C15H28O7/c1-15(2,3)22-14(17)6-8-20-10-12-21-11-9-19-7-5-13(16)18-4/h5-12H2,1-4H3. The number of carbonyl (C=O) groups excluding carboxylic acids is 2. The van der Waals surface area contributed by atoms with Gasteiger partial charge in [-0.25, -0.2) is 0 Å². The molecule has 7 heteroatoms. The minimum Gasteiger partial charge on any atom is -0.469 e. The van der Waals surface area contributed by atoms with Crippen molar-refractivity contribution in [3.63, 3.8) is 0 Å². The first-order chi connectivity index (χ1) is 10.3. The predicted octanol–water partition coefficient (Wildman–Crippen LogP) is 1.33. The Bertz CT molecular complexity index is 310. The minimum absolute atomic E-state index is 0.230. The average molecular weight is 320 g/mol. The van der Waals surface area contributed by atoms with Crippen molar-refractivity contribution < 1.29 is 33.3 Å². The Balaban J connectivity index is 3.24. The van der Waals surface area contributed by atoms with E-state index in [9.17, 15) is 9.59 Å². The maximum Gasteiger partial charge on any atom is 0.308 e. The van der Waals surface area contributed by atoms with E-state index in [0.717, 1.165) is 0 Å². The maximum atomic E-state index is 11.4. The van der Waals surface area contributed by atoms with Crippen LogP contribution >= 0.6 is 0 Å². The smallest absolute Gasteiger partial charge is 0.308 e. The molecule has 0 spiro atoms. The second-order valence-electron chi connectivity index (χ2n) is 5.50. The normalized spacial score (nSPS) is 11.3. The van der Waals surface area contributed by atoms with Crippen molar-refractivity contribution in [2.75, 3.05) is 46.8 Å². The molecule has 22 heavy (non-hydrogen) atoms. The van der Waals surface area contributed by atoms with Gasteiger partial charge in [0.1, 0.15) is 5.60 Å². The summed E-state index contributed by atoms with van der Waals surface area (Å²) in [4.78, 5) is 22.2. The molecule has 0 heterocycles. The fourth-order valence-electron chi connectivity index (χ4n) is 1.35. The lowest BCUT2D eigenvalue weighted by atomic mass is 10.2. The lowest BCUT2D eigenvalue weighted by molar-refractivity contribution is -0.156. The topological polar surface area (TPSA) is 80.3 Å². The van der Waals surface area contributed by atoms with Gasteiger partial charge >= 0.3 is 11.9 Å². The second-order valence-corrected chi connectivity index (χ2v) is 5.50. The molecule has 0 aromatic heterocycles. The summed E-state index contributed by atoms with van der Waals surface area (Å²) in [5, 5.41) is 0. The number of carbonyl (C=O) groups is 2. The molecule has 0 aliphatic heterocycles. The van der Waals surface area contributed by atoms with Crippen LogP contribution in [-0.4, -0.2) is 64.3 Å². The molecule has 0 radical (unpaired) electrons. The number of methoxy groups -OCH3 is 1. The van der Waals surface area contributed by atoms with Gasteiger partial charge in [-0.2, -0.15) is 0 Å². The van der Waals surface area contributed by atoms with E-state index < -0.39 is 5.60 Å². The van der Waals surface area contributed by atoms with Gasteiger partial charge in [0.05, 0.1) is 59.6 Å². The van der Waals surface area contributed by atoms with E-state index in [1.807, 2.05) is 20.8 Å². The summed E-state index contributed by atoms with van der Waals surface area (Å²) in [5.41, 5.74) is -0.464. The molecule has 0 aromatic rings. The summed E-state index contributed by atoms with van der Waals surface area (Å²) in [5.74, 6) is -0.563. The first kappa shape index (κ1) is 20.8. The van der Waals surface area contributed by atoms with E-state index in [-0.39, 0.29) is 24.8 Å². The quantitative estimate of drug-likeness (QED) is 0.396. The van der Waals surface area contributed by atoms with Crippen LogP contribution in [0.15, 0.2) is 0 Å². The third kappa shape index (κ3) is 15.2. The Morgan fingerprint density at radius 3 is 1.55 bits per heavy atom. The molecule has 0 atom stereocenters. The van der Waals surface area contributed by atoms with Gasteiger partial charge in [-0.05, 0) is 20.8 Å². The molecule has 0 fully saturated rings. The highest BCUT2D eigenvalue weighted by atomic mass is 16.6. The summed E-state index contributed by atoms with van der Waals surface area (Å²) in [6.07, 6.45) is 0.470. The minimum atomic E-state index is -0.464. The van der Waals surface area contributed by atoms with Crippen molar-refractivity contribution >= 4 is 11.9 Å². The van der Waals surface area contributed by atoms with Gasteiger partial charge in [-0.15, -0.1) is 0 Å². The van der Waals surface area contributed by atoms with E-state index in [4.69, 9.17) is 18.9 Å². The molecule has 0 aliphatic carbocycles. The number of hydrogen-bond donors (Lipinski definition) is 0. The van der Waals surface area contributed by atoms with Crippen molar-refractivity contribution in [1.29, 1.82) is 0 Å². The van der Waals surface area contributed by atoms with Crippen LogP contribution in [0.4, 0.5) is 0 Å². The van der Waals surface area contributed by atoms with Gasteiger partial charge in [-0.3, -0.25) is 9.59 Å². The largest absolute Gasteiger partial charge is 0.469 e. The van der Waals surface area contributed by atoms with E-state index in [1.54, 1.807) is 0 Å². The van der Waals surface area contributed by atoms with Crippen LogP contribution in [0.25, 0.3) is 0 Å². The van der Waals surface area contributed by atoms with E-state index in [2.05, 4.69) is 4.74 Å². The fraction of sp³-hybridized carbons (Fsp3) is 0.867. The van der Waals surface area contributed by atoms with Crippen molar-refractivity contribution in [3.05, 3.63) is 0 Å². The van der Waals surface area contributed by atoms with Crippen LogP contribution in [0, 0.1) is 0 Å². The first-order valence-electron chi connectivity index (χ1n) is 7.37. The van der Waals surface area contributed by atoms with Crippen molar-refractivity contribution in [2.45, 2.75) is 39.2 Å². The van der Waals surface area contributed by atoms with Crippen molar-refractivity contribution in [3.8, 4) is 0 Å². The zero-order chi connectivity index (χ0) is 16.8. The molecular weight excluding hydrogens is 292 g/mol. The highest BCUT2D eigenvalue weighted by Crippen LogP contribution is 2.07. The average Bonchev–Trinajstić information content (AvgIpc) is 2.42. The summed E-state index contributed by atoms with van der Waals surface area (Å²) in [6.45, 7) is 7.79. The van der Waals surface area contributed by atoms with E-state index >= 15 is 0 Å². The lowest BCUT2D eigenvalue weighted by Gasteiger charge is -2.19. The summed E-state index contributed by atoms with van der Waals surface area (Å²) < 4.78 is 25.3. The molecular formula is C15H28O7. The Hall–Kier alpha value is -1.18. The number of ether oxygens (including phenoxy) is 5. The molecule has 0 N–H and O–H groups in total. The molecule has 7 nitrogen and oxygen atoms in total. The third-order valence-corrected chi connectivity index (χ3v) is 2.29. The van der Waals surface area contributed by atoms with Gasteiger partial charge in [-0.1, -0.05) is 0 Å². The molecule has 0 aromatic carbocycles. The molecule has 0 bridgehead atoms. The monoisotopic (exact) mass is 320 g/mol. The fourth-order valence-corrected chi connectivity index (χ4v) is 1.35. The van der Waals surface area contributed by atoms with Crippen molar-refractivity contribution in [2.24, 2.45) is 0 Å². The SMILES string of the molecule is COC(=O)CCOCCOCCOCCC(=O)OC(C)(C)C. The molecule has 130 valence electrons. The Kier molecular flexibility index (Phi) is 11.7. The summed E-state index contributed by atoms with van der Waals surface area (Å²) >= 11 is 0. The number of hydrogen-bond acceptors (Lipinski definition) is 7. The Morgan fingerprint density at radius 1 is 0.727 bits per heavy atom. The molecule has 0 saturated carbocycles. The molecule has 0 unspecified atom stereocenters. The van der Waals surface area contributed by atoms with Crippen molar-refractivity contribution in [1.82, 2.24) is 0 Å². The summed E-state index contributed by atoms with van der Waals surface area (Å²) in [7, 11) is 1.34. The second kappa shape index (κ2) is 12.4. The van der Waals surface area contributed by atoms with Crippen LogP contribution in [0.1, 0.15) is 33.6 Å². The van der Waals surface area contributed by atoms with Gasteiger partial charge in [0.25, 0.3) is 0 Å². The molecule has 0 rings (SSSR count). The van der Waals surface area contributed by atoms with Crippen LogP contribution in [0.3, 0.4) is 0 Å². The third-order valence-electron chi connectivity index (χ3n) is 2.29. The molecule has 0 saturated heterocycles. The Morgan fingerprint density at radius 2 is 1.14 bits per heavy atom. The van der Waals surface area contributed by atoms with Crippen LogP contribution in [0.5, 0.6) is 0 Å². The van der Waals surface area contributed by atoms with Gasteiger partial charge in [0, 0.05) is 0 Å².